The molecule has 0 aliphatic heterocycles. The number of benzene rings is 2. The Balaban J connectivity index is 1.62. The Kier molecular flexibility index (Phi) is 7.24. The van der Waals surface area contributed by atoms with Gasteiger partial charge in [0.15, 0.2) is 15.1 Å². The summed E-state index contributed by atoms with van der Waals surface area (Å²) in [6.45, 7) is -0.390. The number of aromatic nitrogens is 1. The number of hydrogen-bond donors (Lipinski definition) is 2. The molecule has 2 aromatic carbocycles. The van der Waals surface area contributed by atoms with E-state index in [9.17, 15) is 22.4 Å². The predicted octanol–water partition coefficient (Wildman–Crippen LogP) is 2.60. The van der Waals surface area contributed by atoms with Gasteiger partial charge in [0.25, 0.3) is 0 Å². The lowest BCUT2D eigenvalue weighted by molar-refractivity contribution is -0.126. The normalized spacial score (nSPS) is 14.6. The second-order valence-corrected chi connectivity index (χ2v) is 11.3. The molecule has 3 aromatic rings. The molecule has 1 saturated carbocycles. The summed E-state index contributed by atoms with van der Waals surface area (Å²) in [5.41, 5.74) is 2.14. The lowest BCUT2D eigenvalue weighted by atomic mass is 10.1. The topological polar surface area (TPSA) is 114 Å². The highest BCUT2D eigenvalue weighted by molar-refractivity contribution is 7.92. The van der Waals surface area contributed by atoms with E-state index in [1.807, 2.05) is 6.07 Å². The van der Waals surface area contributed by atoms with Crippen molar-refractivity contribution in [2.45, 2.75) is 24.1 Å². The molecule has 0 bridgehead atoms. The van der Waals surface area contributed by atoms with Gasteiger partial charge in [-0.05, 0) is 48.2 Å². The van der Waals surface area contributed by atoms with Crippen molar-refractivity contribution in [2.24, 2.45) is 0 Å². The third-order valence-corrected chi connectivity index (χ3v) is 8.47. The maximum absolute atomic E-state index is 13.3. The number of ether oxygens (including phenoxy) is 1. The molecule has 1 unspecified atom stereocenters. The minimum absolute atomic E-state index is 0.0755. The number of amides is 2. The molecule has 0 radical (unpaired) electrons. The Morgan fingerprint density at radius 1 is 1.18 bits per heavy atom. The number of nitrogens with one attached hydrogen (secondary N) is 2. The molecule has 2 amide bonds. The SMILES string of the molecule is COCCS(=O)(=O)C(C(=O)NCC(=O)NC1CC1)c1nc2ccc(-c3ccc(F)cc3)cc2s1. The van der Waals surface area contributed by atoms with E-state index in [0.29, 0.717) is 10.2 Å². The number of nitrogens with zero attached hydrogens (tertiary/aromatic N) is 1. The van der Waals surface area contributed by atoms with E-state index in [1.54, 1.807) is 24.3 Å². The zero-order valence-corrected chi connectivity index (χ0v) is 20.0. The summed E-state index contributed by atoms with van der Waals surface area (Å²) < 4.78 is 45.0. The quantitative estimate of drug-likeness (QED) is 0.438. The van der Waals surface area contributed by atoms with Gasteiger partial charge in [-0.3, -0.25) is 9.59 Å². The van der Waals surface area contributed by atoms with Crippen LogP contribution in [0.3, 0.4) is 0 Å². The number of carbonyl (C=O) groups is 2. The molecule has 0 spiro atoms. The lowest BCUT2D eigenvalue weighted by Crippen LogP contribution is -2.41. The van der Waals surface area contributed by atoms with Crippen LogP contribution in [0.25, 0.3) is 21.3 Å². The van der Waals surface area contributed by atoms with Crippen LogP contribution in [0.5, 0.6) is 0 Å². The van der Waals surface area contributed by atoms with Crippen molar-refractivity contribution < 1.29 is 27.1 Å². The molecule has 1 atom stereocenters. The van der Waals surface area contributed by atoms with Crippen molar-refractivity contribution in [1.82, 2.24) is 15.6 Å². The van der Waals surface area contributed by atoms with Gasteiger partial charge in [-0.15, -0.1) is 11.3 Å². The fraction of sp³-hybridized carbons (Fsp3) is 0.348. The van der Waals surface area contributed by atoms with Crippen LogP contribution in [-0.4, -0.2) is 57.3 Å². The van der Waals surface area contributed by atoms with E-state index >= 15 is 0 Å². The number of thiazole rings is 1. The molecule has 1 aromatic heterocycles. The van der Waals surface area contributed by atoms with Crippen LogP contribution >= 0.6 is 11.3 Å². The minimum atomic E-state index is -3.97. The Morgan fingerprint density at radius 2 is 1.88 bits per heavy atom. The monoisotopic (exact) mass is 505 g/mol. The van der Waals surface area contributed by atoms with Gasteiger partial charge in [0.1, 0.15) is 10.8 Å². The summed E-state index contributed by atoms with van der Waals surface area (Å²) in [5.74, 6) is -1.88. The van der Waals surface area contributed by atoms with Crippen molar-refractivity contribution in [1.29, 1.82) is 0 Å². The highest BCUT2D eigenvalue weighted by atomic mass is 32.2. The van der Waals surface area contributed by atoms with Crippen molar-refractivity contribution >= 4 is 43.2 Å². The zero-order valence-electron chi connectivity index (χ0n) is 18.4. The predicted molar refractivity (Wildman–Crippen MR) is 128 cm³/mol. The maximum atomic E-state index is 13.3. The summed E-state index contributed by atoms with van der Waals surface area (Å²) in [6.07, 6.45) is 1.80. The fourth-order valence-electron chi connectivity index (χ4n) is 3.39. The van der Waals surface area contributed by atoms with E-state index in [2.05, 4.69) is 15.6 Å². The fourth-order valence-corrected chi connectivity index (χ4v) is 6.36. The van der Waals surface area contributed by atoms with E-state index in [1.165, 1.54) is 19.2 Å². The minimum Gasteiger partial charge on any atom is -0.384 e. The third-order valence-electron chi connectivity index (χ3n) is 5.34. The first-order valence-corrected chi connectivity index (χ1v) is 13.2. The number of rotatable bonds is 10. The van der Waals surface area contributed by atoms with Crippen LogP contribution in [0.4, 0.5) is 4.39 Å². The van der Waals surface area contributed by atoms with Crippen molar-refractivity contribution in [3.05, 3.63) is 53.3 Å². The van der Waals surface area contributed by atoms with E-state index in [4.69, 9.17) is 4.74 Å². The summed E-state index contributed by atoms with van der Waals surface area (Å²) in [6, 6.07) is 11.5. The van der Waals surface area contributed by atoms with Crippen molar-refractivity contribution in [2.75, 3.05) is 26.0 Å². The summed E-state index contributed by atoms with van der Waals surface area (Å²) in [7, 11) is -2.60. The first-order chi connectivity index (χ1) is 16.3. The van der Waals surface area contributed by atoms with Crippen LogP contribution < -0.4 is 10.6 Å². The van der Waals surface area contributed by atoms with Crippen LogP contribution in [0.2, 0.25) is 0 Å². The molecular weight excluding hydrogens is 481 g/mol. The number of carbonyl (C=O) groups excluding carboxylic acids is 2. The van der Waals surface area contributed by atoms with Gasteiger partial charge in [0.2, 0.25) is 11.8 Å². The number of hydrogen-bond acceptors (Lipinski definition) is 7. The molecule has 34 heavy (non-hydrogen) atoms. The highest BCUT2D eigenvalue weighted by Gasteiger charge is 2.37. The van der Waals surface area contributed by atoms with E-state index in [-0.39, 0.29) is 41.7 Å². The Bertz CT molecular complexity index is 1300. The van der Waals surface area contributed by atoms with E-state index < -0.39 is 21.0 Å². The van der Waals surface area contributed by atoms with Gasteiger partial charge in [-0.25, -0.2) is 17.8 Å². The smallest absolute Gasteiger partial charge is 0.245 e. The molecule has 11 heteroatoms. The summed E-state index contributed by atoms with van der Waals surface area (Å²) >= 11 is 1.09. The Hall–Kier alpha value is -2.89. The average Bonchev–Trinajstić information content (AvgIpc) is 3.52. The van der Waals surface area contributed by atoms with Crippen LogP contribution in [0, 0.1) is 5.82 Å². The van der Waals surface area contributed by atoms with E-state index in [0.717, 1.165) is 35.3 Å². The number of halogens is 1. The zero-order chi connectivity index (χ0) is 24.3. The highest BCUT2D eigenvalue weighted by Crippen LogP contribution is 2.34. The standard InChI is InChI=1S/C23H24FN3O5S2/c1-32-10-11-34(30,31)21(22(29)25-13-20(28)26-17-7-8-17)23-27-18-9-4-15(12-19(18)33-23)14-2-5-16(24)6-3-14/h2-6,9,12,17,21H,7-8,10-11,13H2,1H3,(H,25,29)(H,26,28). The second kappa shape index (κ2) is 10.2. The molecule has 1 heterocycles. The summed E-state index contributed by atoms with van der Waals surface area (Å²) in [4.78, 5) is 29.4. The Morgan fingerprint density at radius 3 is 2.56 bits per heavy atom. The van der Waals surface area contributed by atoms with Crippen LogP contribution in [-0.2, 0) is 24.2 Å². The molecule has 8 nitrogen and oxygen atoms in total. The van der Waals surface area contributed by atoms with Gasteiger partial charge in [-0.1, -0.05) is 18.2 Å². The second-order valence-electron chi connectivity index (χ2n) is 8.04. The molecule has 180 valence electrons. The third kappa shape index (κ3) is 5.78. The number of fused-ring (bicyclic) bond motifs is 1. The van der Waals surface area contributed by atoms with Crippen LogP contribution in [0.1, 0.15) is 23.1 Å². The van der Waals surface area contributed by atoms with Crippen LogP contribution in [0.15, 0.2) is 42.5 Å². The average molecular weight is 506 g/mol. The first kappa shape index (κ1) is 24.2. The van der Waals surface area contributed by atoms with Gasteiger partial charge in [-0.2, -0.15) is 0 Å². The molecule has 1 fully saturated rings. The summed E-state index contributed by atoms with van der Waals surface area (Å²) in [5, 5.41) is 3.74. The Labute approximate surface area is 200 Å². The molecule has 4 rings (SSSR count). The van der Waals surface area contributed by atoms with Gasteiger partial charge < -0.3 is 15.4 Å². The van der Waals surface area contributed by atoms with Gasteiger partial charge >= 0.3 is 0 Å². The van der Waals surface area contributed by atoms with Crippen molar-refractivity contribution in [3.8, 4) is 11.1 Å². The molecular formula is C23H24FN3O5S2. The first-order valence-electron chi connectivity index (χ1n) is 10.7. The van der Waals surface area contributed by atoms with Gasteiger partial charge in [0.05, 0.1) is 29.1 Å². The lowest BCUT2D eigenvalue weighted by Gasteiger charge is -2.15. The maximum Gasteiger partial charge on any atom is 0.245 e. The molecule has 1 aliphatic rings. The van der Waals surface area contributed by atoms with Gasteiger partial charge in [0, 0.05) is 13.2 Å². The van der Waals surface area contributed by atoms with Crippen molar-refractivity contribution in [3.63, 3.8) is 0 Å². The number of sulfone groups is 1. The molecule has 0 saturated heterocycles. The molecule has 2 N–H and O–H groups in total. The largest absolute Gasteiger partial charge is 0.384 e. The number of methoxy groups -OCH3 is 1. The molecule has 1 aliphatic carbocycles.